The number of furan rings is 1. The van der Waals surface area contributed by atoms with Gasteiger partial charge in [0.05, 0.1) is 24.6 Å². The van der Waals surface area contributed by atoms with E-state index in [9.17, 15) is 18.3 Å². The number of hydrogen-bond donors (Lipinski definition) is 3. The van der Waals surface area contributed by atoms with Crippen molar-refractivity contribution in [3.63, 3.8) is 0 Å². The van der Waals surface area contributed by atoms with Crippen LogP contribution in [0.2, 0.25) is 0 Å². The van der Waals surface area contributed by atoms with Crippen LogP contribution in [0.15, 0.2) is 22.6 Å². The van der Waals surface area contributed by atoms with E-state index >= 15 is 0 Å². The molecule has 2 aromatic rings. The topological polar surface area (TPSA) is 124 Å². The van der Waals surface area contributed by atoms with Crippen molar-refractivity contribution >= 4 is 32.8 Å². The van der Waals surface area contributed by atoms with Crippen molar-refractivity contribution in [2.24, 2.45) is 0 Å². The highest BCUT2D eigenvalue weighted by molar-refractivity contribution is 9.09. The Morgan fingerprint density at radius 3 is 2.61 bits per heavy atom. The zero-order valence-electron chi connectivity index (χ0n) is 15.4. The first-order chi connectivity index (χ1) is 13.3. The van der Waals surface area contributed by atoms with Gasteiger partial charge in [-0.3, -0.25) is 4.79 Å². The zero-order valence-corrected chi connectivity index (χ0v) is 17.8. The van der Waals surface area contributed by atoms with Crippen LogP contribution in [0.1, 0.15) is 23.9 Å². The molecule has 0 spiro atoms. The summed E-state index contributed by atoms with van der Waals surface area (Å²) in [5, 5.41) is 10.6. The summed E-state index contributed by atoms with van der Waals surface area (Å²) in [6.07, 6.45) is 0.281. The van der Waals surface area contributed by atoms with Gasteiger partial charge in [0, 0.05) is 19.5 Å². The molecule has 0 radical (unpaired) electrons. The van der Waals surface area contributed by atoms with Crippen molar-refractivity contribution in [1.29, 1.82) is 0 Å². The summed E-state index contributed by atoms with van der Waals surface area (Å²) in [5.41, 5.74) is 0.418. The molecule has 0 aliphatic rings. The predicted octanol–water partition coefficient (Wildman–Crippen LogP) is 2.54. The molecule has 2 rings (SSSR count). The smallest absolute Gasteiger partial charge is 0.308 e. The van der Waals surface area contributed by atoms with Crippen molar-refractivity contribution in [1.82, 2.24) is 4.72 Å². The molecule has 1 aromatic carbocycles. The Bertz CT molecular complexity index is 916. The molecule has 28 heavy (non-hydrogen) atoms. The summed E-state index contributed by atoms with van der Waals surface area (Å²) in [5.74, 6) is -0.0638. The molecule has 11 heteroatoms. The number of methoxy groups -OCH3 is 2. The minimum atomic E-state index is -2.73. The summed E-state index contributed by atoms with van der Waals surface area (Å²) >= 11 is 3.37. The number of halogens is 1. The molecule has 0 fully saturated rings. The van der Waals surface area contributed by atoms with E-state index in [1.807, 2.05) is 0 Å². The highest BCUT2D eigenvalue weighted by atomic mass is 79.9. The van der Waals surface area contributed by atoms with Gasteiger partial charge >= 0.3 is 5.97 Å². The number of ether oxygens (including phenoxy) is 3. The molecule has 154 valence electrons. The SMILES string of the molecule is COc1ccc(-c2oc(C(Br)CCN[SH](=O)=O)c(OC(C)=O)c2O)c(OC)c1. The van der Waals surface area contributed by atoms with Crippen molar-refractivity contribution in [2.75, 3.05) is 20.8 Å². The second-order valence-electron chi connectivity index (χ2n) is 5.55. The lowest BCUT2D eigenvalue weighted by molar-refractivity contribution is -0.132. The quantitative estimate of drug-likeness (QED) is 0.286. The molecule has 2 N–H and O–H groups in total. The van der Waals surface area contributed by atoms with Crippen LogP contribution in [-0.2, 0) is 15.7 Å². The lowest BCUT2D eigenvalue weighted by atomic mass is 10.1. The molecule has 0 amide bonds. The number of thiol groups is 1. The second kappa shape index (κ2) is 9.80. The van der Waals surface area contributed by atoms with Gasteiger partial charge in [0.2, 0.25) is 22.4 Å². The molecule has 1 heterocycles. The summed E-state index contributed by atoms with van der Waals surface area (Å²) < 4.78 is 45.0. The molecule has 9 nitrogen and oxygen atoms in total. The molecule has 0 aliphatic carbocycles. The fourth-order valence-electron chi connectivity index (χ4n) is 2.46. The Hall–Kier alpha value is -2.24. The first-order valence-electron chi connectivity index (χ1n) is 8.06. The average Bonchev–Trinajstić information content (AvgIpc) is 2.96. The van der Waals surface area contributed by atoms with Crippen LogP contribution in [0, 0.1) is 0 Å². The Morgan fingerprint density at radius 2 is 2.04 bits per heavy atom. The number of alkyl halides is 1. The molecule has 0 aliphatic heterocycles. The van der Waals surface area contributed by atoms with E-state index in [0.717, 1.165) is 0 Å². The van der Waals surface area contributed by atoms with Gasteiger partial charge in [-0.2, -0.15) is 0 Å². The van der Waals surface area contributed by atoms with Crippen LogP contribution in [-0.4, -0.2) is 40.3 Å². The van der Waals surface area contributed by atoms with E-state index in [1.165, 1.54) is 21.1 Å². The lowest BCUT2D eigenvalue weighted by Gasteiger charge is -2.09. The van der Waals surface area contributed by atoms with Crippen molar-refractivity contribution < 1.29 is 36.9 Å². The van der Waals surface area contributed by atoms with Crippen LogP contribution in [0.4, 0.5) is 0 Å². The minimum Gasteiger partial charge on any atom is -0.502 e. The van der Waals surface area contributed by atoms with Crippen LogP contribution >= 0.6 is 15.9 Å². The standard InChI is InChI=1S/C17H20BrNO8S/c1-9(20)26-17-14(21)15(11-5-4-10(24-2)8-13(11)25-3)27-16(17)12(18)6-7-19-28(22)23/h4-5,8,12,21,28H,6-7H2,1-3H3,(H,19,22,23). The third-order valence-corrected chi connectivity index (χ3v) is 5.04. The first-order valence-corrected chi connectivity index (χ1v) is 10.2. The molecule has 1 unspecified atom stereocenters. The minimum absolute atomic E-state index is 0.0399. The van der Waals surface area contributed by atoms with Crippen LogP contribution in [0.3, 0.4) is 0 Å². The van der Waals surface area contributed by atoms with Gasteiger partial charge in [-0.15, -0.1) is 0 Å². The predicted molar refractivity (Wildman–Crippen MR) is 105 cm³/mol. The number of aromatic hydroxyl groups is 1. The number of carbonyl (C=O) groups excluding carboxylic acids is 1. The molecule has 0 saturated heterocycles. The van der Waals surface area contributed by atoms with Gasteiger partial charge in [-0.25, -0.2) is 13.1 Å². The maximum atomic E-state index is 11.5. The maximum Gasteiger partial charge on any atom is 0.308 e. The number of esters is 1. The van der Waals surface area contributed by atoms with Gasteiger partial charge in [0.1, 0.15) is 11.5 Å². The monoisotopic (exact) mass is 477 g/mol. The van der Waals surface area contributed by atoms with E-state index in [-0.39, 0.29) is 36.0 Å². The number of rotatable bonds is 9. The Morgan fingerprint density at radius 1 is 1.32 bits per heavy atom. The van der Waals surface area contributed by atoms with Gasteiger partial charge in [-0.1, -0.05) is 15.9 Å². The average molecular weight is 478 g/mol. The van der Waals surface area contributed by atoms with E-state index in [1.54, 1.807) is 18.2 Å². The molecular weight excluding hydrogens is 458 g/mol. The van der Waals surface area contributed by atoms with Crippen LogP contribution in [0.25, 0.3) is 11.3 Å². The summed E-state index contributed by atoms with van der Waals surface area (Å²) in [6.45, 7) is 1.31. The zero-order chi connectivity index (χ0) is 20.8. The maximum absolute atomic E-state index is 11.5. The van der Waals surface area contributed by atoms with Gasteiger partial charge in [0.15, 0.2) is 11.5 Å². The van der Waals surface area contributed by atoms with Crippen LogP contribution in [0.5, 0.6) is 23.0 Å². The van der Waals surface area contributed by atoms with E-state index in [4.69, 9.17) is 18.6 Å². The second-order valence-corrected chi connectivity index (χ2v) is 7.49. The highest BCUT2D eigenvalue weighted by Gasteiger charge is 2.29. The lowest BCUT2D eigenvalue weighted by Crippen LogP contribution is -2.14. The Labute approximate surface area is 171 Å². The first kappa shape index (κ1) is 22.1. The van der Waals surface area contributed by atoms with Crippen molar-refractivity contribution in [3.05, 3.63) is 24.0 Å². The third-order valence-electron chi connectivity index (χ3n) is 3.69. The number of carbonyl (C=O) groups is 1. The van der Waals surface area contributed by atoms with E-state index in [0.29, 0.717) is 17.1 Å². The van der Waals surface area contributed by atoms with E-state index < -0.39 is 21.7 Å². The van der Waals surface area contributed by atoms with Crippen LogP contribution < -0.4 is 18.9 Å². The number of benzene rings is 1. The summed E-state index contributed by atoms with van der Waals surface area (Å²) in [6, 6.07) is 4.90. The van der Waals surface area contributed by atoms with Crippen molar-refractivity contribution in [2.45, 2.75) is 18.2 Å². The van der Waals surface area contributed by atoms with E-state index in [2.05, 4.69) is 20.7 Å². The van der Waals surface area contributed by atoms with Gasteiger partial charge < -0.3 is 23.7 Å². The van der Waals surface area contributed by atoms with Crippen molar-refractivity contribution in [3.8, 4) is 34.3 Å². The Kier molecular flexibility index (Phi) is 7.72. The molecule has 1 aromatic heterocycles. The fraction of sp³-hybridized carbons (Fsp3) is 0.353. The largest absolute Gasteiger partial charge is 0.502 e. The normalized spacial score (nSPS) is 12.0. The summed E-state index contributed by atoms with van der Waals surface area (Å²) in [4.78, 5) is 10.9. The highest BCUT2D eigenvalue weighted by Crippen LogP contribution is 2.50. The molecule has 1 atom stereocenters. The number of hydrogen-bond acceptors (Lipinski definition) is 8. The van der Waals surface area contributed by atoms with Gasteiger partial charge in [0.25, 0.3) is 0 Å². The molecule has 0 saturated carbocycles. The van der Waals surface area contributed by atoms with Gasteiger partial charge in [-0.05, 0) is 18.6 Å². The summed E-state index contributed by atoms with van der Waals surface area (Å²) in [7, 11) is 0.228. The molecule has 0 bridgehead atoms. The fourth-order valence-corrected chi connectivity index (χ4v) is 3.30. The third kappa shape index (κ3) is 5.18. The number of nitrogens with one attached hydrogen (secondary N) is 1. The Balaban J connectivity index is 2.49. The molecular formula is C17H20BrNO8S.